The molecule has 2 aromatic rings. The highest BCUT2D eigenvalue weighted by Crippen LogP contribution is 2.06. The van der Waals surface area contributed by atoms with E-state index in [0.717, 1.165) is 0 Å². The summed E-state index contributed by atoms with van der Waals surface area (Å²) >= 11 is 0. The Balaban J connectivity index is 1.99. The monoisotopic (exact) mass is 262 g/mol. The van der Waals surface area contributed by atoms with Crippen LogP contribution in [0.3, 0.4) is 0 Å². The lowest BCUT2D eigenvalue weighted by Gasteiger charge is -2.07. The molecule has 0 aliphatic carbocycles. The van der Waals surface area contributed by atoms with Gasteiger partial charge in [-0.3, -0.25) is 4.68 Å². The molecular weight excluding hydrogens is 248 g/mol. The van der Waals surface area contributed by atoms with Crippen LogP contribution in [0.15, 0.2) is 18.5 Å². The molecular formula is C11H14N6O2. The molecule has 0 fully saturated rings. The zero-order valence-electron chi connectivity index (χ0n) is 10.7. The van der Waals surface area contributed by atoms with E-state index in [4.69, 9.17) is 0 Å². The van der Waals surface area contributed by atoms with Gasteiger partial charge in [-0.1, -0.05) is 5.21 Å². The number of carbonyl (C=O) groups is 1. The van der Waals surface area contributed by atoms with Crippen LogP contribution >= 0.6 is 0 Å². The molecule has 0 saturated heterocycles. The van der Waals surface area contributed by atoms with E-state index in [1.54, 1.807) is 30.1 Å². The van der Waals surface area contributed by atoms with Gasteiger partial charge in [-0.25, -0.2) is 14.8 Å². The Morgan fingerprint density at radius 1 is 1.47 bits per heavy atom. The fourth-order valence-electron chi connectivity index (χ4n) is 1.49. The SMILES string of the molecule is COC(=O)c1nc(C)cc(NCCn2ccnn2)n1. The van der Waals surface area contributed by atoms with E-state index in [1.807, 2.05) is 0 Å². The summed E-state index contributed by atoms with van der Waals surface area (Å²) in [5, 5.41) is 10.6. The summed E-state index contributed by atoms with van der Waals surface area (Å²) in [5.74, 6) is 0.0711. The molecule has 0 radical (unpaired) electrons. The first-order chi connectivity index (χ1) is 9.19. The van der Waals surface area contributed by atoms with Crippen molar-refractivity contribution >= 4 is 11.8 Å². The highest BCUT2D eigenvalue weighted by atomic mass is 16.5. The van der Waals surface area contributed by atoms with Crippen molar-refractivity contribution < 1.29 is 9.53 Å². The molecule has 0 unspecified atom stereocenters. The molecule has 0 saturated carbocycles. The van der Waals surface area contributed by atoms with Crippen molar-refractivity contribution in [3.63, 3.8) is 0 Å². The first kappa shape index (κ1) is 12.9. The first-order valence-corrected chi connectivity index (χ1v) is 5.71. The Labute approximate surface area is 109 Å². The maximum atomic E-state index is 11.4. The Morgan fingerprint density at radius 3 is 3.00 bits per heavy atom. The van der Waals surface area contributed by atoms with Crippen LogP contribution in [0, 0.1) is 6.92 Å². The van der Waals surface area contributed by atoms with E-state index in [-0.39, 0.29) is 5.82 Å². The van der Waals surface area contributed by atoms with Crippen LogP contribution in [0.2, 0.25) is 0 Å². The topological polar surface area (TPSA) is 94.8 Å². The second kappa shape index (κ2) is 5.89. The van der Waals surface area contributed by atoms with Gasteiger partial charge in [-0.15, -0.1) is 5.10 Å². The van der Waals surface area contributed by atoms with Gasteiger partial charge in [0.05, 0.1) is 19.9 Å². The Morgan fingerprint density at radius 2 is 2.32 bits per heavy atom. The summed E-state index contributed by atoms with van der Waals surface area (Å²) in [6.45, 7) is 3.05. The maximum Gasteiger partial charge on any atom is 0.376 e. The van der Waals surface area contributed by atoms with E-state index in [9.17, 15) is 4.79 Å². The van der Waals surface area contributed by atoms with Crippen LogP contribution in [0.1, 0.15) is 16.3 Å². The summed E-state index contributed by atoms with van der Waals surface area (Å²) < 4.78 is 6.29. The van der Waals surface area contributed by atoms with Crippen molar-refractivity contribution in [2.75, 3.05) is 19.0 Å². The summed E-state index contributed by atoms with van der Waals surface area (Å²) in [6.07, 6.45) is 3.39. The quantitative estimate of drug-likeness (QED) is 0.773. The second-order valence-electron chi connectivity index (χ2n) is 3.80. The Hall–Kier alpha value is -2.51. The molecule has 0 aromatic carbocycles. The fraction of sp³-hybridized carbons (Fsp3) is 0.364. The summed E-state index contributed by atoms with van der Waals surface area (Å²) in [6, 6.07) is 1.76. The third-order valence-corrected chi connectivity index (χ3v) is 2.34. The number of esters is 1. The van der Waals surface area contributed by atoms with Crippen LogP contribution in [0.4, 0.5) is 5.82 Å². The molecule has 8 heteroatoms. The third kappa shape index (κ3) is 3.47. The summed E-state index contributed by atoms with van der Waals surface area (Å²) in [7, 11) is 1.30. The van der Waals surface area contributed by atoms with Crippen LogP contribution in [-0.2, 0) is 11.3 Å². The number of aromatic nitrogens is 5. The van der Waals surface area contributed by atoms with Crippen molar-refractivity contribution in [3.05, 3.63) is 30.0 Å². The average molecular weight is 262 g/mol. The molecule has 0 aliphatic heterocycles. The minimum atomic E-state index is -0.553. The molecule has 0 spiro atoms. The molecule has 19 heavy (non-hydrogen) atoms. The average Bonchev–Trinajstić information content (AvgIpc) is 2.90. The van der Waals surface area contributed by atoms with Gasteiger partial charge in [0.2, 0.25) is 5.82 Å². The lowest BCUT2D eigenvalue weighted by Crippen LogP contribution is -2.15. The van der Waals surface area contributed by atoms with Crippen molar-refractivity contribution in [3.8, 4) is 0 Å². The highest BCUT2D eigenvalue weighted by molar-refractivity contribution is 5.85. The maximum absolute atomic E-state index is 11.4. The highest BCUT2D eigenvalue weighted by Gasteiger charge is 2.11. The number of nitrogens with one attached hydrogen (secondary N) is 1. The number of anilines is 1. The number of carbonyl (C=O) groups excluding carboxylic acids is 1. The lowest BCUT2D eigenvalue weighted by atomic mass is 10.4. The van der Waals surface area contributed by atoms with Gasteiger partial charge in [-0.05, 0) is 6.92 Å². The lowest BCUT2D eigenvalue weighted by molar-refractivity contribution is 0.0586. The minimum Gasteiger partial charge on any atom is -0.463 e. The molecule has 2 heterocycles. The molecule has 0 atom stereocenters. The third-order valence-electron chi connectivity index (χ3n) is 2.34. The van der Waals surface area contributed by atoms with Gasteiger partial charge < -0.3 is 10.1 Å². The van der Waals surface area contributed by atoms with E-state index >= 15 is 0 Å². The number of hydrogen-bond acceptors (Lipinski definition) is 7. The molecule has 1 N–H and O–H groups in total. The number of nitrogens with zero attached hydrogens (tertiary/aromatic N) is 5. The molecule has 0 aliphatic rings. The van der Waals surface area contributed by atoms with Crippen molar-refractivity contribution in [1.29, 1.82) is 0 Å². The Bertz CT molecular complexity index is 554. The van der Waals surface area contributed by atoms with Gasteiger partial charge >= 0.3 is 5.97 Å². The molecule has 100 valence electrons. The van der Waals surface area contributed by atoms with Gasteiger partial charge in [0, 0.05) is 24.5 Å². The van der Waals surface area contributed by atoms with Crippen molar-refractivity contribution in [2.45, 2.75) is 13.5 Å². The molecule has 0 amide bonds. The zero-order valence-corrected chi connectivity index (χ0v) is 10.7. The van der Waals surface area contributed by atoms with Crippen molar-refractivity contribution in [2.24, 2.45) is 0 Å². The standard InChI is InChI=1S/C11H14N6O2/c1-8-7-9(15-10(14-8)11(18)19-2)12-3-5-17-6-4-13-16-17/h4,6-7H,3,5H2,1-2H3,(H,12,14,15). The van der Waals surface area contributed by atoms with Crippen molar-refractivity contribution in [1.82, 2.24) is 25.0 Å². The van der Waals surface area contributed by atoms with Crippen LogP contribution in [-0.4, -0.2) is 44.6 Å². The second-order valence-corrected chi connectivity index (χ2v) is 3.80. The van der Waals surface area contributed by atoms with Gasteiger partial charge in [0.15, 0.2) is 0 Å². The van der Waals surface area contributed by atoms with Crippen LogP contribution < -0.4 is 5.32 Å². The molecule has 2 aromatic heterocycles. The molecule has 0 bridgehead atoms. The first-order valence-electron chi connectivity index (χ1n) is 5.71. The number of rotatable bonds is 5. The fourth-order valence-corrected chi connectivity index (χ4v) is 1.49. The summed E-state index contributed by atoms with van der Waals surface area (Å²) in [4.78, 5) is 19.5. The minimum absolute atomic E-state index is 0.0470. The normalized spacial score (nSPS) is 10.2. The summed E-state index contributed by atoms with van der Waals surface area (Å²) in [5.41, 5.74) is 0.693. The molecule has 2 rings (SSSR count). The number of hydrogen-bond donors (Lipinski definition) is 1. The smallest absolute Gasteiger partial charge is 0.376 e. The van der Waals surface area contributed by atoms with E-state index < -0.39 is 5.97 Å². The predicted molar refractivity (Wildman–Crippen MR) is 66.6 cm³/mol. The Kier molecular flexibility index (Phi) is 4.01. The van der Waals surface area contributed by atoms with Gasteiger partial charge in [0.1, 0.15) is 5.82 Å². The zero-order chi connectivity index (χ0) is 13.7. The van der Waals surface area contributed by atoms with Crippen LogP contribution in [0.25, 0.3) is 0 Å². The van der Waals surface area contributed by atoms with Gasteiger partial charge in [-0.2, -0.15) is 0 Å². The van der Waals surface area contributed by atoms with Crippen LogP contribution in [0.5, 0.6) is 0 Å². The number of ether oxygens (including phenoxy) is 1. The van der Waals surface area contributed by atoms with E-state index in [1.165, 1.54) is 7.11 Å². The number of aryl methyl sites for hydroxylation is 1. The van der Waals surface area contributed by atoms with E-state index in [2.05, 4.69) is 30.3 Å². The number of methoxy groups -OCH3 is 1. The predicted octanol–water partition coefficient (Wildman–Crippen LogP) is 0.275. The van der Waals surface area contributed by atoms with Gasteiger partial charge in [0.25, 0.3) is 0 Å². The largest absolute Gasteiger partial charge is 0.463 e. The van der Waals surface area contributed by atoms with E-state index in [0.29, 0.717) is 24.6 Å². The molecule has 8 nitrogen and oxygen atoms in total.